The third-order valence-electron chi connectivity index (χ3n) is 5.50. The van der Waals surface area contributed by atoms with Crippen molar-refractivity contribution >= 4 is 0 Å². The maximum Gasteiger partial charge on any atom is 0.108 e. The van der Waals surface area contributed by atoms with E-state index in [1.165, 1.54) is 43.2 Å². The van der Waals surface area contributed by atoms with Crippen molar-refractivity contribution in [1.29, 1.82) is 0 Å². The lowest BCUT2D eigenvalue weighted by Crippen LogP contribution is -2.57. The molecule has 0 unspecified atom stereocenters. The quantitative estimate of drug-likeness (QED) is 0.783. The maximum absolute atomic E-state index is 6.54. The largest absolute Gasteiger partial charge is 0.363 e. The summed E-state index contributed by atoms with van der Waals surface area (Å²) in [6, 6.07) is 22.1. The fraction of sp³-hybridized carbons (Fsp3) is 0.455. The van der Waals surface area contributed by atoms with Crippen LogP contribution in [-0.4, -0.2) is 30.1 Å². The highest BCUT2D eigenvalue weighted by molar-refractivity contribution is 5.30. The van der Waals surface area contributed by atoms with Crippen LogP contribution in [-0.2, 0) is 4.74 Å². The lowest BCUT2D eigenvalue weighted by atomic mass is 9.91. The molecule has 0 amide bonds. The summed E-state index contributed by atoms with van der Waals surface area (Å²) >= 11 is 0. The number of ether oxygens (including phenoxy) is 1. The highest BCUT2D eigenvalue weighted by atomic mass is 16.5. The van der Waals surface area contributed by atoms with Gasteiger partial charge in [-0.25, -0.2) is 0 Å². The van der Waals surface area contributed by atoms with Crippen molar-refractivity contribution in [2.75, 3.05) is 13.1 Å². The fourth-order valence-corrected chi connectivity index (χ4v) is 4.10. The summed E-state index contributed by atoms with van der Waals surface area (Å²) in [6.45, 7) is 2.20. The molecule has 0 bridgehead atoms. The minimum atomic E-state index is 0.0471. The monoisotopic (exact) mass is 321 g/mol. The molecule has 1 aliphatic carbocycles. The second-order valence-electron chi connectivity index (χ2n) is 7.21. The van der Waals surface area contributed by atoms with Gasteiger partial charge in [-0.1, -0.05) is 79.9 Å². The normalized spacial score (nSPS) is 20.2. The van der Waals surface area contributed by atoms with Crippen molar-refractivity contribution in [1.82, 2.24) is 4.90 Å². The maximum atomic E-state index is 6.54. The Kier molecular flexibility index (Phi) is 4.96. The average molecular weight is 321 g/mol. The van der Waals surface area contributed by atoms with Gasteiger partial charge in [-0.3, -0.25) is 4.90 Å². The topological polar surface area (TPSA) is 12.5 Å². The number of hydrogen-bond donors (Lipinski definition) is 0. The zero-order valence-corrected chi connectivity index (χ0v) is 14.3. The summed E-state index contributed by atoms with van der Waals surface area (Å²) in [5.74, 6) is 0. The van der Waals surface area contributed by atoms with Crippen LogP contribution in [0.3, 0.4) is 0 Å². The molecule has 4 rings (SSSR count). The minimum absolute atomic E-state index is 0.0471. The molecule has 2 aliphatic rings. The SMILES string of the molecule is c1ccc(C(OC2CN(C3CCCCC3)C2)c2ccccc2)cc1. The van der Waals surface area contributed by atoms with E-state index in [2.05, 4.69) is 65.6 Å². The lowest BCUT2D eigenvalue weighted by molar-refractivity contribution is -0.0993. The van der Waals surface area contributed by atoms with E-state index in [4.69, 9.17) is 4.74 Å². The van der Waals surface area contributed by atoms with Crippen LogP contribution in [0, 0.1) is 0 Å². The molecule has 1 aliphatic heterocycles. The van der Waals surface area contributed by atoms with Crippen LogP contribution in [0.4, 0.5) is 0 Å². The van der Waals surface area contributed by atoms with E-state index in [1.807, 2.05) is 0 Å². The summed E-state index contributed by atoms with van der Waals surface area (Å²) in [6.07, 6.45) is 7.41. The standard InChI is InChI=1S/C22H27NO/c1-4-10-18(11-5-1)22(19-12-6-2-7-13-19)24-21-16-23(17-21)20-14-8-3-9-15-20/h1-2,4-7,10-13,20-22H,3,8-9,14-17H2. The van der Waals surface area contributed by atoms with E-state index in [0.717, 1.165) is 19.1 Å². The van der Waals surface area contributed by atoms with Gasteiger partial charge in [0.25, 0.3) is 0 Å². The molecule has 2 aromatic carbocycles. The first-order chi connectivity index (χ1) is 11.9. The third kappa shape index (κ3) is 3.55. The Labute approximate surface area is 145 Å². The number of benzene rings is 2. The number of hydrogen-bond acceptors (Lipinski definition) is 2. The molecule has 2 heteroatoms. The van der Waals surface area contributed by atoms with Crippen molar-refractivity contribution in [2.24, 2.45) is 0 Å². The molecular formula is C22H27NO. The third-order valence-corrected chi connectivity index (χ3v) is 5.50. The second-order valence-corrected chi connectivity index (χ2v) is 7.21. The van der Waals surface area contributed by atoms with Gasteiger partial charge >= 0.3 is 0 Å². The fourth-order valence-electron chi connectivity index (χ4n) is 4.10. The summed E-state index contributed by atoms with van der Waals surface area (Å²) in [4.78, 5) is 2.64. The first kappa shape index (κ1) is 15.9. The molecule has 0 spiro atoms. The molecular weight excluding hydrogens is 294 g/mol. The van der Waals surface area contributed by atoms with Crippen LogP contribution < -0.4 is 0 Å². The van der Waals surface area contributed by atoms with Gasteiger partial charge in [0.2, 0.25) is 0 Å². The van der Waals surface area contributed by atoms with E-state index in [-0.39, 0.29) is 6.10 Å². The summed E-state index contributed by atoms with van der Waals surface area (Å²) in [5, 5.41) is 0. The van der Waals surface area contributed by atoms with Crippen LogP contribution in [0.15, 0.2) is 60.7 Å². The molecule has 24 heavy (non-hydrogen) atoms. The van der Waals surface area contributed by atoms with Gasteiger partial charge in [0.05, 0.1) is 6.10 Å². The zero-order chi connectivity index (χ0) is 16.2. The van der Waals surface area contributed by atoms with E-state index in [1.54, 1.807) is 0 Å². The van der Waals surface area contributed by atoms with Gasteiger partial charge in [0.1, 0.15) is 6.10 Å². The van der Waals surface area contributed by atoms with Gasteiger partial charge in [0.15, 0.2) is 0 Å². The smallest absolute Gasteiger partial charge is 0.108 e. The van der Waals surface area contributed by atoms with Crippen molar-refractivity contribution in [3.05, 3.63) is 71.8 Å². The van der Waals surface area contributed by atoms with Crippen LogP contribution in [0.2, 0.25) is 0 Å². The van der Waals surface area contributed by atoms with E-state index < -0.39 is 0 Å². The van der Waals surface area contributed by atoms with Gasteiger partial charge in [-0.05, 0) is 24.0 Å². The molecule has 1 saturated carbocycles. The highest BCUT2D eigenvalue weighted by Gasteiger charge is 2.35. The number of rotatable bonds is 5. The van der Waals surface area contributed by atoms with Gasteiger partial charge in [0, 0.05) is 19.1 Å². The predicted octanol–water partition coefficient (Wildman–Crippen LogP) is 4.81. The Morgan fingerprint density at radius 3 is 1.83 bits per heavy atom. The molecule has 0 atom stereocenters. The summed E-state index contributed by atoms with van der Waals surface area (Å²) in [7, 11) is 0. The molecule has 1 saturated heterocycles. The van der Waals surface area contributed by atoms with Crippen LogP contribution in [0.1, 0.15) is 49.3 Å². The zero-order valence-electron chi connectivity index (χ0n) is 14.3. The van der Waals surface area contributed by atoms with E-state index in [9.17, 15) is 0 Å². The molecule has 2 nitrogen and oxygen atoms in total. The Bertz CT molecular complexity index is 575. The van der Waals surface area contributed by atoms with Crippen LogP contribution >= 0.6 is 0 Å². The molecule has 0 aromatic heterocycles. The summed E-state index contributed by atoms with van der Waals surface area (Å²) in [5.41, 5.74) is 2.50. The van der Waals surface area contributed by atoms with Crippen LogP contribution in [0.5, 0.6) is 0 Å². The molecule has 2 aromatic rings. The first-order valence-electron chi connectivity index (χ1n) is 9.39. The van der Waals surface area contributed by atoms with Gasteiger partial charge < -0.3 is 4.74 Å². The van der Waals surface area contributed by atoms with E-state index in [0.29, 0.717) is 6.10 Å². The number of likely N-dealkylation sites (tertiary alicyclic amines) is 1. The van der Waals surface area contributed by atoms with Crippen molar-refractivity contribution in [3.8, 4) is 0 Å². The molecule has 126 valence electrons. The highest BCUT2D eigenvalue weighted by Crippen LogP contribution is 2.32. The lowest BCUT2D eigenvalue weighted by Gasteiger charge is -2.46. The van der Waals surface area contributed by atoms with Crippen molar-refractivity contribution < 1.29 is 4.74 Å². The Hall–Kier alpha value is -1.64. The second kappa shape index (κ2) is 7.50. The number of nitrogens with zero attached hydrogens (tertiary/aromatic N) is 1. The average Bonchev–Trinajstić information content (AvgIpc) is 2.63. The Morgan fingerprint density at radius 1 is 0.750 bits per heavy atom. The van der Waals surface area contributed by atoms with Gasteiger partial charge in [-0.15, -0.1) is 0 Å². The minimum Gasteiger partial charge on any atom is -0.363 e. The Balaban J connectivity index is 1.42. The molecule has 1 heterocycles. The Morgan fingerprint density at radius 2 is 1.29 bits per heavy atom. The molecule has 2 fully saturated rings. The van der Waals surface area contributed by atoms with Gasteiger partial charge in [-0.2, -0.15) is 0 Å². The molecule has 0 N–H and O–H groups in total. The van der Waals surface area contributed by atoms with Crippen molar-refractivity contribution in [3.63, 3.8) is 0 Å². The van der Waals surface area contributed by atoms with Crippen LogP contribution in [0.25, 0.3) is 0 Å². The predicted molar refractivity (Wildman–Crippen MR) is 98.0 cm³/mol. The molecule has 0 radical (unpaired) electrons. The first-order valence-corrected chi connectivity index (χ1v) is 9.39. The summed E-state index contributed by atoms with van der Waals surface area (Å²) < 4.78 is 6.54. The van der Waals surface area contributed by atoms with E-state index >= 15 is 0 Å². The van der Waals surface area contributed by atoms with Crippen molar-refractivity contribution in [2.45, 2.75) is 50.4 Å².